The zero-order chi connectivity index (χ0) is 19.4. The van der Waals surface area contributed by atoms with Crippen molar-refractivity contribution >= 4 is 21.4 Å². The summed E-state index contributed by atoms with van der Waals surface area (Å²) in [4.78, 5) is 5.22. The molecule has 0 saturated carbocycles. The molecular weight excluding hydrogens is 369 g/mol. The Kier molecular flexibility index (Phi) is 5.91. The van der Waals surface area contributed by atoms with Gasteiger partial charge in [-0.2, -0.15) is 21.6 Å². The van der Waals surface area contributed by atoms with Crippen LogP contribution < -0.4 is 4.72 Å². The fraction of sp³-hybridized carbons (Fsp3) is 0.235. The van der Waals surface area contributed by atoms with Gasteiger partial charge in [0.05, 0.1) is 11.4 Å². The molecule has 0 aliphatic carbocycles. The molecule has 26 heavy (non-hydrogen) atoms. The second kappa shape index (κ2) is 7.77. The summed E-state index contributed by atoms with van der Waals surface area (Å²) < 4.78 is 62.1. The summed E-state index contributed by atoms with van der Waals surface area (Å²) in [6.07, 6.45) is 0. The van der Waals surface area contributed by atoms with Gasteiger partial charge in [0.15, 0.2) is 0 Å². The highest BCUT2D eigenvalue weighted by molar-refractivity contribution is 7.93. The molecule has 0 aliphatic heterocycles. The maximum absolute atomic E-state index is 12.6. The predicted molar refractivity (Wildman–Crippen MR) is 93.2 cm³/mol. The number of hydrogen-bond donors (Lipinski definition) is 1. The Hall–Kier alpha value is -2.55. The predicted octanol–water partition coefficient (Wildman–Crippen LogP) is 4.20. The van der Waals surface area contributed by atoms with Crippen molar-refractivity contribution in [3.8, 4) is 0 Å². The molecular formula is C17H17F3N2O3S. The minimum atomic E-state index is -5.53. The van der Waals surface area contributed by atoms with Crippen molar-refractivity contribution in [2.45, 2.75) is 26.0 Å². The van der Waals surface area contributed by atoms with Crippen LogP contribution in [0.1, 0.15) is 23.6 Å². The Morgan fingerprint density at radius 3 is 2.42 bits per heavy atom. The van der Waals surface area contributed by atoms with E-state index in [1.165, 1.54) is 25.1 Å². The molecule has 0 aromatic heterocycles. The topological polar surface area (TPSA) is 67.8 Å². The molecule has 5 nitrogen and oxygen atoms in total. The quantitative estimate of drug-likeness (QED) is 0.598. The highest BCUT2D eigenvalue weighted by atomic mass is 32.2. The number of hydrogen-bond acceptors (Lipinski definition) is 4. The second-order valence-corrected chi connectivity index (χ2v) is 7.21. The molecule has 2 rings (SSSR count). The Morgan fingerprint density at radius 2 is 1.81 bits per heavy atom. The number of alkyl halides is 3. The van der Waals surface area contributed by atoms with Crippen molar-refractivity contribution in [3.63, 3.8) is 0 Å². The third-order valence-electron chi connectivity index (χ3n) is 3.39. The first-order chi connectivity index (χ1) is 12.1. The monoisotopic (exact) mass is 386 g/mol. The molecule has 0 saturated heterocycles. The highest BCUT2D eigenvalue weighted by Crippen LogP contribution is 2.28. The molecule has 0 unspecified atom stereocenters. The standard InChI is InChI=1S/C17H17F3N2O3S/c1-12-8-9-16(22-26(23,24)17(18,19)20)15(10-12)13(2)21-25-11-14-6-4-3-5-7-14/h3-10,22H,11H2,1-2H3/b21-13+. The highest BCUT2D eigenvalue weighted by Gasteiger charge is 2.46. The largest absolute Gasteiger partial charge is 0.516 e. The second-order valence-electron chi connectivity index (χ2n) is 5.54. The average Bonchev–Trinajstić information content (AvgIpc) is 2.56. The molecule has 0 aliphatic rings. The number of sulfonamides is 1. The lowest BCUT2D eigenvalue weighted by Crippen LogP contribution is -2.30. The lowest BCUT2D eigenvalue weighted by Gasteiger charge is -2.14. The first-order valence-corrected chi connectivity index (χ1v) is 8.99. The van der Waals surface area contributed by atoms with Crippen LogP contribution in [-0.4, -0.2) is 19.6 Å². The molecule has 0 amide bonds. The van der Waals surface area contributed by atoms with Crippen LogP contribution in [-0.2, 0) is 21.5 Å². The van der Waals surface area contributed by atoms with Crippen molar-refractivity contribution in [2.75, 3.05) is 4.72 Å². The summed E-state index contributed by atoms with van der Waals surface area (Å²) in [6.45, 7) is 3.42. The summed E-state index contributed by atoms with van der Waals surface area (Å²) >= 11 is 0. The van der Waals surface area contributed by atoms with Crippen LogP contribution in [0.4, 0.5) is 18.9 Å². The number of rotatable bonds is 6. The van der Waals surface area contributed by atoms with Crippen LogP contribution in [0.15, 0.2) is 53.7 Å². The third kappa shape index (κ3) is 4.98. The Morgan fingerprint density at radius 1 is 1.15 bits per heavy atom. The molecule has 1 N–H and O–H groups in total. The van der Waals surface area contributed by atoms with Crippen molar-refractivity contribution < 1.29 is 26.4 Å². The van der Waals surface area contributed by atoms with E-state index in [9.17, 15) is 21.6 Å². The average molecular weight is 386 g/mol. The molecule has 2 aromatic carbocycles. The van der Waals surface area contributed by atoms with Gasteiger partial charge in [-0.25, -0.2) is 0 Å². The molecule has 0 atom stereocenters. The van der Waals surface area contributed by atoms with Crippen molar-refractivity contribution in [2.24, 2.45) is 5.16 Å². The van der Waals surface area contributed by atoms with Gasteiger partial charge >= 0.3 is 15.5 Å². The zero-order valence-corrected chi connectivity index (χ0v) is 14.9. The third-order valence-corrected chi connectivity index (χ3v) is 4.49. The van der Waals surface area contributed by atoms with Gasteiger partial charge in [-0.1, -0.05) is 47.1 Å². The normalized spacial score (nSPS) is 12.7. The molecule has 0 bridgehead atoms. The van der Waals surface area contributed by atoms with E-state index in [0.717, 1.165) is 11.1 Å². The van der Waals surface area contributed by atoms with Gasteiger partial charge in [0.2, 0.25) is 0 Å². The Labute approximate surface area is 149 Å². The van der Waals surface area contributed by atoms with Gasteiger partial charge in [-0.15, -0.1) is 0 Å². The first-order valence-electron chi connectivity index (χ1n) is 7.51. The summed E-state index contributed by atoms with van der Waals surface area (Å²) in [7, 11) is -5.53. The molecule has 0 fully saturated rings. The van der Waals surface area contributed by atoms with Crippen LogP contribution in [0.3, 0.4) is 0 Å². The van der Waals surface area contributed by atoms with E-state index in [4.69, 9.17) is 4.84 Å². The smallest absolute Gasteiger partial charge is 0.391 e. The SMILES string of the molecule is C/C(=N\OCc1ccccc1)c1cc(C)ccc1NS(=O)(=O)C(F)(F)F. The van der Waals surface area contributed by atoms with Crippen LogP contribution in [0, 0.1) is 6.92 Å². The van der Waals surface area contributed by atoms with Gasteiger partial charge in [0, 0.05) is 5.56 Å². The molecule has 140 valence electrons. The maximum atomic E-state index is 12.6. The van der Waals surface area contributed by atoms with E-state index in [-0.39, 0.29) is 23.6 Å². The van der Waals surface area contributed by atoms with Crippen molar-refractivity contribution in [1.29, 1.82) is 0 Å². The van der Waals surface area contributed by atoms with E-state index in [0.29, 0.717) is 0 Å². The van der Waals surface area contributed by atoms with E-state index in [2.05, 4.69) is 5.16 Å². The van der Waals surface area contributed by atoms with Crippen LogP contribution >= 0.6 is 0 Å². The Balaban J connectivity index is 2.24. The number of halogens is 3. The maximum Gasteiger partial charge on any atom is 0.516 e. The van der Waals surface area contributed by atoms with Crippen LogP contribution in [0.5, 0.6) is 0 Å². The molecule has 9 heteroatoms. The van der Waals surface area contributed by atoms with Crippen molar-refractivity contribution in [1.82, 2.24) is 0 Å². The summed E-state index contributed by atoms with van der Waals surface area (Å²) in [5, 5.41) is 3.88. The first kappa shape index (κ1) is 19.8. The lowest BCUT2D eigenvalue weighted by molar-refractivity contribution is -0.0429. The molecule has 0 heterocycles. The van der Waals surface area contributed by atoms with Gasteiger partial charge in [-0.3, -0.25) is 4.72 Å². The van der Waals surface area contributed by atoms with E-state index >= 15 is 0 Å². The fourth-order valence-electron chi connectivity index (χ4n) is 2.08. The minimum absolute atomic E-state index is 0.174. The fourth-order valence-corrected chi connectivity index (χ4v) is 2.66. The molecule has 0 spiro atoms. The van der Waals surface area contributed by atoms with Gasteiger partial charge in [0.25, 0.3) is 0 Å². The summed E-state index contributed by atoms with van der Waals surface area (Å²) in [5.74, 6) is 0. The molecule has 2 aromatic rings. The van der Waals surface area contributed by atoms with Gasteiger partial charge < -0.3 is 4.84 Å². The number of nitrogens with zero attached hydrogens (tertiary/aromatic N) is 1. The van der Waals surface area contributed by atoms with E-state index in [1.54, 1.807) is 11.6 Å². The number of nitrogens with one attached hydrogen (secondary N) is 1. The van der Waals surface area contributed by atoms with Crippen LogP contribution in [0.2, 0.25) is 0 Å². The number of oxime groups is 1. The van der Waals surface area contributed by atoms with Crippen molar-refractivity contribution in [3.05, 3.63) is 65.2 Å². The number of benzene rings is 2. The summed E-state index contributed by atoms with van der Waals surface area (Å²) in [6, 6.07) is 13.5. The minimum Gasteiger partial charge on any atom is -0.391 e. The van der Waals surface area contributed by atoms with Gasteiger partial charge in [-0.05, 0) is 31.5 Å². The van der Waals surface area contributed by atoms with E-state index < -0.39 is 15.5 Å². The number of anilines is 1. The van der Waals surface area contributed by atoms with E-state index in [1.807, 2.05) is 30.3 Å². The van der Waals surface area contributed by atoms with Crippen LogP contribution in [0.25, 0.3) is 0 Å². The molecule has 0 radical (unpaired) electrons. The van der Waals surface area contributed by atoms with Gasteiger partial charge in [0.1, 0.15) is 6.61 Å². The number of aryl methyl sites for hydroxylation is 1. The lowest BCUT2D eigenvalue weighted by atomic mass is 10.1. The Bertz CT molecular complexity index is 895. The summed E-state index contributed by atoms with van der Waals surface area (Å²) in [5.41, 5.74) is -3.60. The zero-order valence-electron chi connectivity index (χ0n) is 14.0.